The molecule has 168 valence electrons. The molecule has 1 N–H and O–H groups in total. The van der Waals surface area contributed by atoms with Gasteiger partial charge >= 0.3 is 0 Å². The molecule has 0 bridgehead atoms. The number of sulfonamides is 1. The lowest BCUT2D eigenvalue weighted by Gasteiger charge is -2.24. The van der Waals surface area contributed by atoms with Crippen molar-refractivity contribution in [2.24, 2.45) is 0 Å². The van der Waals surface area contributed by atoms with Gasteiger partial charge in [-0.15, -0.1) is 11.8 Å². The maximum absolute atomic E-state index is 12.6. The van der Waals surface area contributed by atoms with Gasteiger partial charge in [0.25, 0.3) is 5.91 Å². The number of hydrogen-bond donors (Lipinski definition) is 1. The molecule has 1 atom stereocenters. The SMILES string of the molecule is CSc1ccccc1N(Cc1ccc(C(=O)NC[C@@H](C)c2ccccc2)cc1)S(C)(=O)=O. The average Bonchev–Trinajstić information content (AvgIpc) is 2.81. The Balaban J connectivity index is 1.69. The molecular weight excluding hydrogens is 440 g/mol. The Bertz CT molecular complexity index is 1150. The van der Waals surface area contributed by atoms with Gasteiger partial charge in [0.1, 0.15) is 0 Å². The Morgan fingerprint density at radius 2 is 1.59 bits per heavy atom. The van der Waals surface area contributed by atoms with E-state index < -0.39 is 10.0 Å². The first-order valence-electron chi connectivity index (χ1n) is 10.3. The average molecular weight is 469 g/mol. The molecule has 0 aliphatic rings. The maximum Gasteiger partial charge on any atom is 0.251 e. The van der Waals surface area contributed by atoms with Crippen LogP contribution in [0.25, 0.3) is 0 Å². The van der Waals surface area contributed by atoms with Crippen molar-refractivity contribution >= 4 is 33.4 Å². The van der Waals surface area contributed by atoms with E-state index in [4.69, 9.17) is 0 Å². The zero-order valence-electron chi connectivity index (χ0n) is 18.5. The van der Waals surface area contributed by atoms with E-state index in [0.717, 1.165) is 10.5 Å². The minimum atomic E-state index is -3.48. The van der Waals surface area contributed by atoms with E-state index in [0.29, 0.717) is 17.8 Å². The Kier molecular flexibility index (Phi) is 7.99. The normalized spacial score (nSPS) is 12.2. The van der Waals surface area contributed by atoms with E-state index in [2.05, 4.69) is 12.2 Å². The number of thioether (sulfide) groups is 1. The molecule has 0 aromatic heterocycles. The Morgan fingerprint density at radius 3 is 2.22 bits per heavy atom. The van der Waals surface area contributed by atoms with Crippen molar-refractivity contribution in [3.63, 3.8) is 0 Å². The number of amides is 1. The van der Waals surface area contributed by atoms with Crippen LogP contribution in [0.1, 0.15) is 34.3 Å². The van der Waals surface area contributed by atoms with Gasteiger partial charge in [0, 0.05) is 17.0 Å². The van der Waals surface area contributed by atoms with Gasteiger partial charge in [-0.1, -0.05) is 61.5 Å². The molecule has 32 heavy (non-hydrogen) atoms. The van der Waals surface area contributed by atoms with Gasteiger partial charge in [-0.25, -0.2) is 8.42 Å². The molecule has 0 heterocycles. The number of nitrogens with one attached hydrogen (secondary N) is 1. The smallest absolute Gasteiger partial charge is 0.251 e. The first-order chi connectivity index (χ1) is 15.3. The van der Waals surface area contributed by atoms with Crippen LogP contribution in [-0.4, -0.2) is 33.4 Å². The summed E-state index contributed by atoms with van der Waals surface area (Å²) in [6.07, 6.45) is 3.13. The number of carbonyl (C=O) groups excluding carboxylic acids is 1. The first kappa shape index (κ1) is 23.9. The van der Waals surface area contributed by atoms with E-state index in [1.807, 2.05) is 60.9 Å². The van der Waals surface area contributed by atoms with Gasteiger partial charge in [0.15, 0.2) is 0 Å². The predicted octanol–water partition coefficient (Wildman–Crippen LogP) is 4.91. The van der Waals surface area contributed by atoms with Crippen LogP contribution >= 0.6 is 11.8 Å². The highest BCUT2D eigenvalue weighted by molar-refractivity contribution is 7.99. The molecule has 3 aromatic rings. The highest BCUT2D eigenvalue weighted by Crippen LogP contribution is 2.31. The van der Waals surface area contributed by atoms with E-state index in [-0.39, 0.29) is 18.4 Å². The number of para-hydroxylation sites is 1. The lowest BCUT2D eigenvalue weighted by molar-refractivity contribution is 0.0951. The molecule has 0 radical (unpaired) electrons. The predicted molar refractivity (Wildman–Crippen MR) is 133 cm³/mol. The van der Waals surface area contributed by atoms with Crippen LogP contribution in [0.3, 0.4) is 0 Å². The number of anilines is 1. The van der Waals surface area contributed by atoms with Crippen LogP contribution in [-0.2, 0) is 16.6 Å². The van der Waals surface area contributed by atoms with Crippen LogP contribution in [0.2, 0.25) is 0 Å². The third-order valence-electron chi connectivity index (χ3n) is 5.23. The molecule has 0 unspecified atom stereocenters. The summed E-state index contributed by atoms with van der Waals surface area (Å²) >= 11 is 1.50. The molecule has 0 saturated heterocycles. The molecule has 3 aromatic carbocycles. The van der Waals surface area contributed by atoms with Gasteiger partial charge in [-0.05, 0) is 47.6 Å². The molecule has 3 rings (SSSR count). The van der Waals surface area contributed by atoms with Gasteiger partial charge in [-0.2, -0.15) is 0 Å². The summed E-state index contributed by atoms with van der Waals surface area (Å²) in [4.78, 5) is 13.4. The second-order valence-electron chi connectivity index (χ2n) is 7.66. The maximum atomic E-state index is 12.6. The number of nitrogens with zero attached hydrogens (tertiary/aromatic N) is 1. The fourth-order valence-corrected chi connectivity index (χ4v) is 4.95. The van der Waals surface area contributed by atoms with Crippen LogP contribution in [0.15, 0.2) is 83.8 Å². The summed E-state index contributed by atoms with van der Waals surface area (Å²) in [5.74, 6) is 0.0614. The molecule has 0 aliphatic heterocycles. The second-order valence-corrected chi connectivity index (χ2v) is 10.4. The highest BCUT2D eigenvalue weighted by Gasteiger charge is 2.20. The summed E-state index contributed by atoms with van der Waals surface area (Å²) in [6, 6.07) is 24.6. The molecule has 0 fully saturated rings. The summed E-state index contributed by atoms with van der Waals surface area (Å²) < 4.78 is 26.4. The van der Waals surface area contributed by atoms with Crippen LogP contribution in [0.5, 0.6) is 0 Å². The van der Waals surface area contributed by atoms with Crippen molar-refractivity contribution in [3.8, 4) is 0 Å². The zero-order valence-corrected chi connectivity index (χ0v) is 20.1. The molecular formula is C25H28N2O3S2. The van der Waals surface area contributed by atoms with E-state index in [1.54, 1.807) is 24.3 Å². The van der Waals surface area contributed by atoms with Crippen molar-refractivity contribution in [1.29, 1.82) is 0 Å². The Hall–Kier alpha value is -2.77. The standard InChI is InChI=1S/C25H28N2O3S2/c1-19(21-9-5-4-6-10-21)17-26-25(28)22-15-13-20(14-16-22)18-27(32(3,29)30)23-11-7-8-12-24(23)31-2/h4-16,19H,17-18H2,1-3H3,(H,26,28)/t19-/m1/s1. The van der Waals surface area contributed by atoms with Crippen molar-refractivity contribution in [2.75, 3.05) is 23.4 Å². The molecule has 7 heteroatoms. The molecule has 0 aliphatic carbocycles. The Labute approximate surface area is 194 Å². The molecule has 0 saturated carbocycles. The summed E-state index contributed by atoms with van der Waals surface area (Å²) in [5.41, 5.74) is 3.18. The van der Waals surface area contributed by atoms with Crippen LogP contribution in [0.4, 0.5) is 5.69 Å². The summed E-state index contributed by atoms with van der Waals surface area (Å²) in [7, 11) is -3.48. The fourth-order valence-electron chi connectivity index (χ4n) is 3.39. The van der Waals surface area contributed by atoms with Crippen molar-refractivity contribution in [2.45, 2.75) is 24.3 Å². The highest BCUT2D eigenvalue weighted by atomic mass is 32.2. The van der Waals surface area contributed by atoms with Gasteiger partial charge in [-0.3, -0.25) is 9.10 Å². The minimum absolute atomic E-state index is 0.146. The van der Waals surface area contributed by atoms with Crippen molar-refractivity contribution in [3.05, 3.63) is 95.6 Å². The van der Waals surface area contributed by atoms with E-state index >= 15 is 0 Å². The van der Waals surface area contributed by atoms with Crippen LogP contribution < -0.4 is 9.62 Å². The lowest BCUT2D eigenvalue weighted by atomic mass is 10.0. The quantitative estimate of drug-likeness (QED) is 0.453. The van der Waals surface area contributed by atoms with Crippen molar-refractivity contribution < 1.29 is 13.2 Å². The molecule has 0 spiro atoms. The number of carbonyl (C=O) groups is 1. The summed E-state index contributed by atoms with van der Waals surface area (Å²) in [5, 5.41) is 2.97. The Morgan fingerprint density at radius 1 is 0.969 bits per heavy atom. The first-order valence-corrected chi connectivity index (χ1v) is 13.4. The number of rotatable bonds is 9. The topological polar surface area (TPSA) is 66.5 Å². The van der Waals surface area contributed by atoms with E-state index in [1.165, 1.54) is 27.9 Å². The number of hydrogen-bond acceptors (Lipinski definition) is 4. The fraction of sp³-hybridized carbons (Fsp3) is 0.240. The molecule has 5 nitrogen and oxygen atoms in total. The second kappa shape index (κ2) is 10.7. The third kappa shape index (κ3) is 6.14. The summed E-state index contributed by atoms with van der Waals surface area (Å²) in [6.45, 7) is 2.81. The van der Waals surface area contributed by atoms with Crippen molar-refractivity contribution in [1.82, 2.24) is 5.32 Å². The molecule has 1 amide bonds. The zero-order chi connectivity index (χ0) is 23.1. The third-order valence-corrected chi connectivity index (χ3v) is 7.15. The van der Waals surface area contributed by atoms with Crippen LogP contribution in [0, 0.1) is 0 Å². The number of benzene rings is 3. The van der Waals surface area contributed by atoms with Gasteiger partial charge < -0.3 is 5.32 Å². The lowest BCUT2D eigenvalue weighted by Crippen LogP contribution is -2.30. The monoisotopic (exact) mass is 468 g/mol. The minimum Gasteiger partial charge on any atom is -0.351 e. The van der Waals surface area contributed by atoms with E-state index in [9.17, 15) is 13.2 Å². The largest absolute Gasteiger partial charge is 0.351 e. The van der Waals surface area contributed by atoms with Gasteiger partial charge in [0.05, 0.1) is 18.5 Å². The van der Waals surface area contributed by atoms with Gasteiger partial charge in [0.2, 0.25) is 10.0 Å².